The minimum absolute atomic E-state index is 0.0313. The van der Waals surface area contributed by atoms with Crippen LogP contribution in [0.15, 0.2) is 22.7 Å². The molecule has 0 radical (unpaired) electrons. The van der Waals surface area contributed by atoms with Crippen LogP contribution in [0, 0.1) is 11.7 Å². The molecule has 0 spiro atoms. The van der Waals surface area contributed by atoms with Gasteiger partial charge in [-0.3, -0.25) is 9.59 Å². The van der Waals surface area contributed by atoms with Gasteiger partial charge in [0, 0.05) is 6.54 Å². The molecule has 1 atom stereocenters. The number of piperazine rings is 1. The Morgan fingerprint density at radius 1 is 1.43 bits per heavy atom. The van der Waals surface area contributed by atoms with Gasteiger partial charge in [-0.15, -0.1) is 0 Å². The molecule has 4 nitrogen and oxygen atoms in total. The SMILES string of the molecule is CC1(C2CC2)C(=O)NCC(=O)N1Cc1ccc(F)c(Br)c1. The molecule has 1 unspecified atom stereocenters. The second-order valence-electron chi connectivity index (χ2n) is 5.83. The smallest absolute Gasteiger partial charge is 0.246 e. The lowest BCUT2D eigenvalue weighted by molar-refractivity contribution is -0.155. The molecule has 1 N–H and O–H groups in total. The van der Waals surface area contributed by atoms with E-state index in [4.69, 9.17) is 0 Å². The van der Waals surface area contributed by atoms with E-state index in [1.54, 1.807) is 17.0 Å². The van der Waals surface area contributed by atoms with Gasteiger partial charge in [-0.25, -0.2) is 4.39 Å². The van der Waals surface area contributed by atoms with Crippen molar-refractivity contribution < 1.29 is 14.0 Å². The number of nitrogens with one attached hydrogen (secondary N) is 1. The highest BCUT2D eigenvalue weighted by Crippen LogP contribution is 2.44. The van der Waals surface area contributed by atoms with Crippen molar-refractivity contribution in [2.24, 2.45) is 5.92 Å². The quantitative estimate of drug-likeness (QED) is 0.904. The second-order valence-corrected chi connectivity index (χ2v) is 6.69. The Balaban J connectivity index is 1.91. The first-order chi connectivity index (χ1) is 9.92. The zero-order valence-electron chi connectivity index (χ0n) is 11.7. The highest BCUT2D eigenvalue weighted by atomic mass is 79.9. The minimum Gasteiger partial charge on any atom is -0.345 e. The van der Waals surface area contributed by atoms with Gasteiger partial charge >= 0.3 is 0 Å². The molecule has 1 saturated carbocycles. The third-order valence-electron chi connectivity index (χ3n) is 4.42. The van der Waals surface area contributed by atoms with Crippen LogP contribution in [0.25, 0.3) is 0 Å². The molecule has 2 amide bonds. The number of carbonyl (C=O) groups excluding carboxylic acids is 2. The van der Waals surface area contributed by atoms with Crippen LogP contribution in [-0.4, -0.2) is 28.8 Å². The summed E-state index contributed by atoms with van der Waals surface area (Å²) in [6.45, 7) is 2.18. The van der Waals surface area contributed by atoms with Crippen molar-refractivity contribution in [1.29, 1.82) is 0 Å². The molecule has 1 aliphatic carbocycles. The summed E-state index contributed by atoms with van der Waals surface area (Å²) in [5, 5.41) is 2.68. The number of carbonyl (C=O) groups is 2. The van der Waals surface area contributed by atoms with Gasteiger partial charge in [0.2, 0.25) is 11.8 Å². The highest BCUT2D eigenvalue weighted by Gasteiger charge is 2.54. The lowest BCUT2D eigenvalue weighted by Crippen LogP contribution is -2.66. The lowest BCUT2D eigenvalue weighted by Gasteiger charge is -2.44. The summed E-state index contributed by atoms with van der Waals surface area (Å²) in [5.41, 5.74) is 0.00845. The standard InChI is InChI=1S/C15H16BrFN2O2/c1-15(10-3-4-10)14(21)18-7-13(20)19(15)8-9-2-5-12(17)11(16)6-9/h2,5-6,10H,3-4,7-8H2,1H3,(H,18,21). The molecule has 0 aromatic heterocycles. The number of hydrogen-bond donors (Lipinski definition) is 1. The van der Waals surface area contributed by atoms with E-state index >= 15 is 0 Å². The molecule has 3 rings (SSSR count). The van der Waals surface area contributed by atoms with Crippen LogP contribution >= 0.6 is 15.9 Å². The third kappa shape index (κ3) is 2.46. The highest BCUT2D eigenvalue weighted by molar-refractivity contribution is 9.10. The van der Waals surface area contributed by atoms with Crippen molar-refractivity contribution in [3.05, 3.63) is 34.1 Å². The van der Waals surface area contributed by atoms with E-state index in [1.165, 1.54) is 6.07 Å². The van der Waals surface area contributed by atoms with Crippen LogP contribution in [0.2, 0.25) is 0 Å². The third-order valence-corrected chi connectivity index (χ3v) is 5.03. The predicted molar refractivity (Wildman–Crippen MR) is 78.8 cm³/mol. The lowest BCUT2D eigenvalue weighted by atomic mass is 9.89. The average Bonchev–Trinajstić information content (AvgIpc) is 3.28. The van der Waals surface area contributed by atoms with Gasteiger partial charge in [0.1, 0.15) is 11.4 Å². The van der Waals surface area contributed by atoms with Crippen LogP contribution in [0.5, 0.6) is 0 Å². The van der Waals surface area contributed by atoms with Crippen molar-refractivity contribution in [3.63, 3.8) is 0 Å². The first-order valence-corrected chi connectivity index (χ1v) is 7.75. The van der Waals surface area contributed by atoms with E-state index in [-0.39, 0.29) is 30.1 Å². The molecule has 6 heteroatoms. The molecular weight excluding hydrogens is 339 g/mol. The first-order valence-electron chi connectivity index (χ1n) is 6.95. The van der Waals surface area contributed by atoms with Crippen molar-refractivity contribution in [2.45, 2.75) is 31.8 Å². The summed E-state index contributed by atoms with van der Waals surface area (Å²) < 4.78 is 13.7. The molecule has 2 aliphatic rings. The summed E-state index contributed by atoms with van der Waals surface area (Å²) >= 11 is 3.15. The fraction of sp³-hybridized carbons (Fsp3) is 0.467. The second kappa shape index (κ2) is 5.09. The molecule has 21 heavy (non-hydrogen) atoms. The number of hydrogen-bond acceptors (Lipinski definition) is 2. The Morgan fingerprint density at radius 3 is 2.76 bits per heavy atom. The maximum Gasteiger partial charge on any atom is 0.246 e. The molecule has 1 heterocycles. The number of amides is 2. The molecule has 1 aliphatic heterocycles. The fourth-order valence-electron chi connectivity index (χ4n) is 2.94. The van der Waals surface area contributed by atoms with Crippen LogP contribution < -0.4 is 5.32 Å². The number of rotatable bonds is 3. The summed E-state index contributed by atoms with van der Waals surface area (Å²) in [5.74, 6) is -0.313. The van der Waals surface area contributed by atoms with Crippen molar-refractivity contribution in [3.8, 4) is 0 Å². The Morgan fingerprint density at radius 2 is 2.14 bits per heavy atom. The van der Waals surface area contributed by atoms with E-state index in [9.17, 15) is 14.0 Å². The summed E-state index contributed by atoms with van der Waals surface area (Å²) in [6, 6.07) is 4.66. The number of nitrogens with zero attached hydrogens (tertiary/aromatic N) is 1. The Kier molecular flexibility index (Phi) is 3.51. The van der Waals surface area contributed by atoms with Crippen LogP contribution in [0.4, 0.5) is 4.39 Å². The summed E-state index contributed by atoms with van der Waals surface area (Å²) in [6.07, 6.45) is 1.92. The fourth-order valence-corrected chi connectivity index (χ4v) is 3.36. The molecule has 1 aromatic carbocycles. The van der Waals surface area contributed by atoms with E-state index < -0.39 is 5.54 Å². The maximum absolute atomic E-state index is 13.3. The normalized spacial score (nSPS) is 26.0. The Hall–Kier alpha value is -1.43. The van der Waals surface area contributed by atoms with Crippen molar-refractivity contribution in [1.82, 2.24) is 10.2 Å². The predicted octanol–water partition coefficient (Wildman–Crippen LogP) is 2.22. The zero-order valence-corrected chi connectivity index (χ0v) is 13.2. The van der Waals surface area contributed by atoms with Crippen LogP contribution in [0.1, 0.15) is 25.3 Å². The van der Waals surface area contributed by atoms with Gasteiger partial charge in [0.15, 0.2) is 0 Å². The largest absolute Gasteiger partial charge is 0.345 e. The monoisotopic (exact) mass is 354 g/mol. The van der Waals surface area contributed by atoms with Crippen LogP contribution in [0.3, 0.4) is 0 Å². The molecule has 112 valence electrons. The van der Waals surface area contributed by atoms with Crippen molar-refractivity contribution >= 4 is 27.7 Å². The van der Waals surface area contributed by atoms with Gasteiger partial charge in [-0.2, -0.15) is 0 Å². The van der Waals surface area contributed by atoms with Crippen molar-refractivity contribution in [2.75, 3.05) is 6.54 Å². The summed E-state index contributed by atoms with van der Waals surface area (Å²) in [7, 11) is 0. The zero-order chi connectivity index (χ0) is 15.2. The molecule has 1 saturated heterocycles. The average molecular weight is 355 g/mol. The molecule has 1 aromatic rings. The van der Waals surface area contributed by atoms with E-state index in [0.717, 1.165) is 18.4 Å². The van der Waals surface area contributed by atoms with E-state index in [0.29, 0.717) is 11.0 Å². The first kappa shape index (κ1) is 14.5. The van der Waals surface area contributed by atoms with Gasteiger partial charge in [0.25, 0.3) is 0 Å². The Bertz CT molecular complexity index is 618. The number of halogens is 2. The molecular formula is C15H16BrFN2O2. The van der Waals surface area contributed by atoms with Crippen LogP contribution in [-0.2, 0) is 16.1 Å². The molecule has 2 fully saturated rings. The summed E-state index contributed by atoms with van der Waals surface area (Å²) in [4.78, 5) is 26.2. The van der Waals surface area contributed by atoms with E-state index in [2.05, 4.69) is 21.2 Å². The van der Waals surface area contributed by atoms with E-state index in [1.807, 2.05) is 6.92 Å². The van der Waals surface area contributed by atoms with Gasteiger partial charge < -0.3 is 10.2 Å². The number of benzene rings is 1. The molecule has 0 bridgehead atoms. The van der Waals surface area contributed by atoms with Gasteiger partial charge in [-0.05, 0) is 59.3 Å². The Labute approximate surface area is 130 Å². The topological polar surface area (TPSA) is 49.4 Å². The minimum atomic E-state index is -0.795. The van der Waals surface area contributed by atoms with Gasteiger partial charge in [-0.1, -0.05) is 6.07 Å². The van der Waals surface area contributed by atoms with Gasteiger partial charge in [0.05, 0.1) is 11.0 Å². The maximum atomic E-state index is 13.3.